The lowest BCUT2D eigenvalue weighted by Gasteiger charge is -2.18. The number of methoxy groups -OCH3 is 1. The average molecular weight is 395 g/mol. The first-order chi connectivity index (χ1) is 14.1. The Bertz CT molecular complexity index is 861. The van der Waals surface area contributed by atoms with Crippen molar-refractivity contribution in [1.82, 2.24) is 5.32 Å². The maximum atomic E-state index is 12.5. The number of allylic oxidation sites excluding steroid dienone is 1. The van der Waals surface area contributed by atoms with E-state index >= 15 is 0 Å². The van der Waals surface area contributed by atoms with Crippen molar-refractivity contribution in [2.24, 2.45) is 0 Å². The molecule has 1 aliphatic carbocycles. The number of hydrogen-bond acceptors (Lipinski definition) is 5. The topological polar surface area (TPSA) is 73.9 Å². The fraction of sp³-hybridized carbons (Fsp3) is 0.304. The van der Waals surface area contributed by atoms with Crippen molar-refractivity contribution >= 4 is 11.9 Å². The maximum absolute atomic E-state index is 12.5. The molecule has 152 valence electrons. The van der Waals surface area contributed by atoms with Crippen LogP contribution in [0, 0.1) is 0 Å². The van der Waals surface area contributed by atoms with Crippen molar-refractivity contribution in [1.29, 1.82) is 0 Å². The van der Waals surface area contributed by atoms with E-state index in [0.717, 1.165) is 18.4 Å². The first-order valence-corrected chi connectivity index (χ1v) is 9.56. The minimum Gasteiger partial charge on any atom is -0.493 e. The van der Waals surface area contributed by atoms with Crippen LogP contribution in [0.15, 0.2) is 61.2 Å². The molecule has 1 fully saturated rings. The molecule has 3 rings (SSSR count). The van der Waals surface area contributed by atoms with Gasteiger partial charge in [0.25, 0.3) is 5.91 Å². The number of benzene rings is 2. The van der Waals surface area contributed by atoms with Gasteiger partial charge in [0.1, 0.15) is 0 Å². The van der Waals surface area contributed by atoms with Crippen LogP contribution in [0.3, 0.4) is 0 Å². The van der Waals surface area contributed by atoms with Gasteiger partial charge in [-0.1, -0.05) is 42.5 Å². The van der Waals surface area contributed by atoms with Gasteiger partial charge in [-0.2, -0.15) is 0 Å². The lowest BCUT2D eigenvalue weighted by Crippen LogP contribution is -2.34. The number of esters is 1. The molecule has 0 saturated heterocycles. The number of rotatable bonds is 10. The summed E-state index contributed by atoms with van der Waals surface area (Å²) in [5.41, 5.74) is 1.64. The van der Waals surface area contributed by atoms with Crippen LogP contribution in [0.2, 0.25) is 0 Å². The summed E-state index contributed by atoms with van der Waals surface area (Å²) in [7, 11) is 1.53. The Morgan fingerprint density at radius 2 is 1.93 bits per heavy atom. The summed E-state index contributed by atoms with van der Waals surface area (Å²) in [6.07, 6.45) is 3.39. The highest BCUT2D eigenvalue weighted by atomic mass is 16.6. The number of nitrogens with one attached hydrogen (secondary N) is 1. The highest BCUT2D eigenvalue weighted by Gasteiger charge is 2.30. The molecular weight excluding hydrogens is 370 g/mol. The zero-order valence-corrected chi connectivity index (χ0v) is 16.4. The van der Waals surface area contributed by atoms with Crippen molar-refractivity contribution in [3.8, 4) is 11.5 Å². The Labute approximate surface area is 170 Å². The van der Waals surface area contributed by atoms with E-state index in [2.05, 4.69) is 11.9 Å². The molecule has 1 saturated carbocycles. The molecule has 0 aliphatic heterocycles. The molecule has 29 heavy (non-hydrogen) atoms. The molecule has 1 aliphatic rings. The zero-order chi connectivity index (χ0) is 20.6. The van der Waals surface area contributed by atoms with Crippen LogP contribution in [-0.4, -0.2) is 31.6 Å². The number of amides is 1. The normalized spacial score (nSPS) is 13.8. The molecule has 1 atom stereocenters. The SMILES string of the molecule is C=CCc1ccc(OCC(=O)O[C@H](C(=O)NC2CC2)c2ccccc2)c(OC)c1. The van der Waals surface area contributed by atoms with Crippen LogP contribution >= 0.6 is 0 Å². The van der Waals surface area contributed by atoms with Crippen LogP contribution in [0.1, 0.15) is 30.1 Å². The molecule has 6 nitrogen and oxygen atoms in total. The van der Waals surface area contributed by atoms with Crippen molar-refractivity contribution in [2.45, 2.75) is 31.4 Å². The van der Waals surface area contributed by atoms with E-state index in [1.807, 2.05) is 18.2 Å². The Kier molecular flexibility index (Phi) is 6.89. The molecule has 2 aromatic carbocycles. The van der Waals surface area contributed by atoms with Crippen molar-refractivity contribution in [2.75, 3.05) is 13.7 Å². The molecule has 1 amide bonds. The summed E-state index contributed by atoms with van der Waals surface area (Å²) in [6.45, 7) is 3.38. The third kappa shape index (κ3) is 5.85. The van der Waals surface area contributed by atoms with Gasteiger partial charge in [0.05, 0.1) is 7.11 Å². The Balaban J connectivity index is 1.64. The fourth-order valence-corrected chi connectivity index (χ4v) is 2.83. The van der Waals surface area contributed by atoms with Gasteiger partial charge in [-0.25, -0.2) is 4.79 Å². The van der Waals surface area contributed by atoms with Crippen LogP contribution < -0.4 is 14.8 Å². The lowest BCUT2D eigenvalue weighted by molar-refractivity contribution is -0.158. The van der Waals surface area contributed by atoms with Gasteiger partial charge in [0, 0.05) is 11.6 Å². The molecule has 6 heteroatoms. The minimum absolute atomic E-state index is 0.169. The van der Waals surface area contributed by atoms with Crippen LogP contribution in [0.5, 0.6) is 11.5 Å². The molecule has 0 aromatic heterocycles. The number of carbonyl (C=O) groups excluding carboxylic acids is 2. The molecule has 0 unspecified atom stereocenters. The van der Waals surface area contributed by atoms with E-state index < -0.39 is 12.1 Å². The van der Waals surface area contributed by atoms with Gasteiger partial charge >= 0.3 is 5.97 Å². The number of carbonyl (C=O) groups is 2. The smallest absolute Gasteiger partial charge is 0.345 e. The van der Waals surface area contributed by atoms with E-state index in [1.165, 1.54) is 7.11 Å². The molecular formula is C23H25NO5. The average Bonchev–Trinajstić information content (AvgIpc) is 3.55. The molecule has 2 aromatic rings. The van der Waals surface area contributed by atoms with E-state index in [4.69, 9.17) is 14.2 Å². The van der Waals surface area contributed by atoms with Crippen LogP contribution in [-0.2, 0) is 20.7 Å². The first-order valence-electron chi connectivity index (χ1n) is 9.56. The summed E-state index contributed by atoms with van der Waals surface area (Å²) in [5, 5.41) is 2.88. The molecule has 0 spiro atoms. The fourth-order valence-electron chi connectivity index (χ4n) is 2.83. The predicted molar refractivity (Wildman–Crippen MR) is 109 cm³/mol. The largest absolute Gasteiger partial charge is 0.493 e. The van der Waals surface area contributed by atoms with Crippen molar-refractivity contribution in [3.05, 3.63) is 72.3 Å². The van der Waals surface area contributed by atoms with Gasteiger partial charge in [-0.05, 0) is 37.0 Å². The maximum Gasteiger partial charge on any atom is 0.345 e. The summed E-state index contributed by atoms with van der Waals surface area (Å²) in [5.74, 6) is -0.0142. The summed E-state index contributed by atoms with van der Waals surface area (Å²) < 4.78 is 16.4. The van der Waals surface area contributed by atoms with Crippen molar-refractivity contribution in [3.63, 3.8) is 0 Å². The molecule has 0 heterocycles. The quantitative estimate of drug-likeness (QED) is 0.493. The van der Waals surface area contributed by atoms with Crippen molar-refractivity contribution < 1.29 is 23.8 Å². The summed E-state index contributed by atoms with van der Waals surface area (Å²) in [4.78, 5) is 24.9. The molecule has 1 N–H and O–H groups in total. The number of ether oxygens (including phenoxy) is 3. The Morgan fingerprint density at radius 3 is 2.59 bits per heavy atom. The lowest BCUT2D eigenvalue weighted by atomic mass is 10.1. The summed E-state index contributed by atoms with van der Waals surface area (Å²) >= 11 is 0. The summed E-state index contributed by atoms with van der Waals surface area (Å²) in [6, 6.07) is 14.6. The first kappa shape index (κ1) is 20.5. The molecule has 0 radical (unpaired) electrons. The van der Waals surface area contributed by atoms with Crippen LogP contribution in [0.4, 0.5) is 0 Å². The van der Waals surface area contributed by atoms with E-state index in [0.29, 0.717) is 23.5 Å². The zero-order valence-electron chi connectivity index (χ0n) is 16.4. The van der Waals surface area contributed by atoms with E-state index in [9.17, 15) is 9.59 Å². The Morgan fingerprint density at radius 1 is 1.17 bits per heavy atom. The predicted octanol–water partition coefficient (Wildman–Crippen LogP) is 3.37. The standard InChI is InChI=1S/C23H25NO5/c1-3-7-16-10-13-19(20(14-16)27-2)28-15-21(25)29-22(17-8-5-4-6-9-17)23(26)24-18-11-12-18/h3-6,8-10,13-14,18,22H,1,7,11-12,15H2,2H3,(H,24,26)/t22-/m0/s1. The van der Waals surface area contributed by atoms with E-state index in [-0.39, 0.29) is 18.6 Å². The van der Waals surface area contributed by atoms with E-state index in [1.54, 1.807) is 36.4 Å². The minimum atomic E-state index is -1.01. The van der Waals surface area contributed by atoms with Gasteiger partial charge < -0.3 is 19.5 Å². The third-order valence-corrected chi connectivity index (χ3v) is 4.47. The van der Waals surface area contributed by atoms with Gasteiger partial charge in [-0.15, -0.1) is 6.58 Å². The second-order valence-electron chi connectivity index (χ2n) is 6.83. The van der Waals surface area contributed by atoms with Crippen LogP contribution in [0.25, 0.3) is 0 Å². The Hall–Kier alpha value is -3.28. The van der Waals surface area contributed by atoms with Gasteiger partial charge in [0.2, 0.25) is 6.10 Å². The monoisotopic (exact) mass is 395 g/mol. The van der Waals surface area contributed by atoms with Gasteiger partial charge in [-0.3, -0.25) is 4.79 Å². The van der Waals surface area contributed by atoms with Gasteiger partial charge in [0.15, 0.2) is 18.1 Å². The number of hydrogen-bond donors (Lipinski definition) is 1. The molecule has 0 bridgehead atoms. The third-order valence-electron chi connectivity index (χ3n) is 4.47. The highest BCUT2D eigenvalue weighted by molar-refractivity contribution is 5.85. The second kappa shape index (κ2) is 9.78. The second-order valence-corrected chi connectivity index (χ2v) is 6.83. The highest BCUT2D eigenvalue weighted by Crippen LogP contribution is 2.29.